The van der Waals surface area contributed by atoms with E-state index in [1.54, 1.807) is 7.05 Å². The number of nitrogens with zero attached hydrogens (tertiary/aromatic N) is 2. The highest BCUT2D eigenvalue weighted by Gasteiger charge is 2.39. The number of likely N-dealkylation sites (tertiary alicyclic amines) is 1. The Labute approximate surface area is 193 Å². The fourth-order valence-electron chi connectivity index (χ4n) is 5.76. The van der Waals surface area contributed by atoms with Crippen molar-refractivity contribution in [1.29, 1.82) is 0 Å². The summed E-state index contributed by atoms with van der Waals surface area (Å²) in [5.41, 5.74) is 2.88. The van der Waals surface area contributed by atoms with Gasteiger partial charge in [0.15, 0.2) is 0 Å². The van der Waals surface area contributed by atoms with Crippen molar-refractivity contribution in [3.8, 4) is 0 Å². The summed E-state index contributed by atoms with van der Waals surface area (Å²) in [6, 6.07) is 8.28. The van der Waals surface area contributed by atoms with Gasteiger partial charge >= 0.3 is 0 Å². The standard InChI is InChI=1S/C26H40N4O2/c1-19(27-2)25(31)28-24(21-10-4-3-5-11-21)26(32)30-15-8-13-23(30)18-29-16-14-20-9-6-7-12-22(20)17-29/h6-7,9,12,19,21,23-24,27H,3-5,8,10-11,13-18H2,1-2H3,(H,28,31)/t19?,23?,24-/m0/s1. The predicted octanol–water partition coefficient (Wildman–Crippen LogP) is 2.71. The van der Waals surface area contributed by atoms with E-state index >= 15 is 0 Å². The summed E-state index contributed by atoms with van der Waals surface area (Å²) >= 11 is 0. The average Bonchev–Trinajstić information content (AvgIpc) is 3.30. The molecule has 2 unspecified atom stereocenters. The first-order chi connectivity index (χ1) is 15.6. The summed E-state index contributed by atoms with van der Waals surface area (Å²) in [5.74, 6) is 0.334. The van der Waals surface area contributed by atoms with Crippen molar-refractivity contribution >= 4 is 11.8 Å². The second-order valence-corrected chi connectivity index (χ2v) is 9.98. The molecule has 0 spiro atoms. The van der Waals surface area contributed by atoms with Crippen LogP contribution in [0.25, 0.3) is 0 Å². The predicted molar refractivity (Wildman–Crippen MR) is 127 cm³/mol. The Morgan fingerprint density at radius 2 is 1.78 bits per heavy atom. The van der Waals surface area contributed by atoms with Gasteiger partial charge in [-0.15, -0.1) is 0 Å². The molecular weight excluding hydrogens is 400 g/mol. The van der Waals surface area contributed by atoms with Crippen LogP contribution >= 0.6 is 0 Å². The zero-order valence-electron chi connectivity index (χ0n) is 19.8. The maximum absolute atomic E-state index is 13.8. The van der Waals surface area contributed by atoms with Crippen molar-refractivity contribution in [2.75, 3.05) is 26.7 Å². The van der Waals surface area contributed by atoms with E-state index in [0.29, 0.717) is 0 Å². The zero-order valence-corrected chi connectivity index (χ0v) is 19.8. The molecule has 2 aliphatic heterocycles. The Balaban J connectivity index is 1.44. The van der Waals surface area contributed by atoms with Crippen LogP contribution < -0.4 is 10.6 Å². The molecule has 0 bridgehead atoms. The molecule has 2 amide bonds. The number of fused-ring (bicyclic) bond motifs is 1. The minimum atomic E-state index is -0.388. The number of hydrogen-bond donors (Lipinski definition) is 2. The lowest BCUT2D eigenvalue weighted by molar-refractivity contribution is -0.139. The quantitative estimate of drug-likeness (QED) is 0.684. The molecule has 1 aliphatic carbocycles. The lowest BCUT2D eigenvalue weighted by Crippen LogP contribution is -2.57. The number of hydrogen-bond acceptors (Lipinski definition) is 4. The molecule has 3 aliphatic rings. The van der Waals surface area contributed by atoms with E-state index in [4.69, 9.17) is 0 Å². The van der Waals surface area contributed by atoms with Crippen LogP contribution in [0.1, 0.15) is 63.0 Å². The van der Waals surface area contributed by atoms with E-state index in [9.17, 15) is 9.59 Å². The summed E-state index contributed by atoms with van der Waals surface area (Å²) in [5, 5.41) is 6.15. The molecule has 6 heteroatoms. The molecule has 6 nitrogen and oxygen atoms in total. The van der Waals surface area contributed by atoms with Gasteiger partial charge in [-0.05, 0) is 63.1 Å². The minimum absolute atomic E-state index is 0.0696. The summed E-state index contributed by atoms with van der Waals surface area (Å²) in [6.45, 7) is 5.62. The van der Waals surface area contributed by atoms with E-state index in [1.807, 2.05) is 6.92 Å². The van der Waals surface area contributed by atoms with Crippen molar-refractivity contribution in [3.05, 3.63) is 35.4 Å². The number of likely N-dealkylation sites (N-methyl/N-ethyl adjacent to an activating group) is 1. The molecule has 0 aromatic heterocycles. The summed E-state index contributed by atoms with van der Waals surface area (Å²) in [4.78, 5) is 31.1. The molecule has 2 fully saturated rings. The number of benzene rings is 1. The Morgan fingerprint density at radius 1 is 1.03 bits per heavy atom. The molecule has 2 N–H and O–H groups in total. The van der Waals surface area contributed by atoms with E-state index in [1.165, 1.54) is 17.5 Å². The molecule has 1 aromatic rings. The van der Waals surface area contributed by atoms with Crippen molar-refractivity contribution in [1.82, 2.24) is 20.4 Å². The van der Waals surface area contributed by atoms with Crippen LogP contribution in [0.5, 0.6) is 0 Å². The van der Waals surface area contributed by atoms with Gasteiger partial charge in [-0.1, -0.05) is 43.5 Å². The third-order valence-corrected chi connectivity index (χ3v) is 7.85. The van der Waals surface area contributed by atoms with Gasteiger partial charge < -0.3 is 15.5 Å². The fraction of sp³-hybridized carbons (Fsp3) is 0.692. The van der Waals surface area contributed by atoms with Crippen LogP contribution in [0, 0.1) is 5.92 Å². The molecule has 1 aromatic carbocycles. The van der Waals surface area contributed by atoms with Crippen LogP contribution in [-0.2, 0) is 22.6 Å². The minimum Gasteiger partial charge on any atom is -0.343 e. The maximum atomic E-state index is 13.8. The topological polar surface area (TPSA) is 64.7 Å². The third kappa shape index (κ3) is 5.34. The number of rotatable bonds is 7. The van der Waals surface area contributed by atoms with Gasteiger partial charge in [-0.25, -0.2) is 0 Å². The van der Waals surface area contributed by atoms with Gasteiger partial charge in [0.05, 0.1) is 6.04 Å². The molecule has 4 rings (SSSR count). The summed E-state index contributed by atoms with van der Waals surface area (Å²) < 4.78 is 0. The van der Waals surface area contributed by atoms with Crippen LogP contribution in [0.3, 0.4) is 0 Å². The average molecular weight is 441 g/mol. The van der Waals surface area contributed by atoms with Gasteiger partial charge in [0.2, 0.25) is 11.8 Å². The second-order valence-electron chi connectivity index (χ2n) is 9.98. The van der Waals surface area contributed by atoms with E-state index in [2.05, 4.69) is 44.7 Å². The Hall–Kier alpha value is -1.92. The number of carbonyl (C=O) groups is 2. The monoisotopic (exact) mass is 440 g/mol. The van der Waals surface area contributed by atoms with E-state index in [0.717, 1.165) is 71.1 Å². The van der Waals surface area contributed by atoms with E-state index < -0.39 is 0 Å². The number of carbonyl (C=O) groups excluding carboxylic acids is 2. The number of nitrogens with one attached hydrogen (secondary N) is 2. The van der Waals surface area contributed by atoms with Crippen molar-refractivity contribution in [2.45, 2.75) is 83.0 Å². The molecule has 3 atom stereocenters. The first-order valence-corrected chi connectivity index (χ1v) is 12.6. The second kappa shape index (κ2) is 10.8. The SMILES string of the molecule is CNC(C)C(=O)N[C@H](C(=O)N1CCCC1CN1CCc2ccccc2C1)C1CCCCC1. The highest BCUT2D eigenvalue weighted by molar-refractivity contribution is 5.90. The lowest BCUT2D eigenvalue weighted by Gasteiger charge is -2.37. The van der Waals surface area contributed by atoms with Gasteiger partial charge in [0, 0.05) is 32.2 Å². The summed E-state index contributed by atoms with van der Waals surface area (Å²) in [7, 11) is 1.79. The molecule has 1 saturated heterocycles. The first kappa shape index (κ1) is 23.2. The number of amides is 2. The highest BCUT2D eigenvalue weighted by atomic mass is 16.2. The summed E-state index contributed by atoms with van der Waals surface area (Å²) in [6.07, 6.45) is 8.81. The molecule has 0 radical (unpaired) electrons. The van der Waals surface area contributed by atoms with Gasteiger partial charge in [-0.2, -0.15) is 0 Å². The third-order valence-electron chi connectivity index (χ3n) is 7.85. The maximum Gasteiger partial charge on any atom is 0.245 e. The Kier molecular flexibility index (Phi) is 7.84. The van der Waals surface area contributed by atoms with Gasteiger partial charge in [0.25, 0.3) is 0 Å². The molecule has 2 heterocycles. The van der Waals surface area contributed by atoms with Crippen LogP contribution in [0.4, 0.5) is 0 Å². The fourth-order valence-corrected chi connectivity index (χ4v) is 5.76. The smallest absolute Gasteiger partial charge is 0.245 e. The van der Waals surface area contributed by atoms with Gasteiger partial charge in [-0.3, -0.25) is 14.5 Å². The van der Waals surface area contributed by atoms with Crippen LogP contribution in [0.2, 0.25) is 0 Å². The van der Waals surface area contributed by atoms with Crippen molar-refractivity contribution in [2.24, 2.45) is 5.92 Å². The Bertz CT molecular complexity index is 792. The highest BCUT2D eigenvalue weighted by Crippen LogP contribution is 2.30. The Morgan fingerprint density at radius 3 is 2.53 bits per heavy atom. The lowest BCUT2D eigenvalue weighted by atomic mass is 9.83. The molecule has 32 heavy (non-hydrogen) atoms. The van der Waals surface area contributed by atoms with Gasteiger partial charge in [0.1, 0.15) is 6.04 Å². The zero-order chi connectivity index (χ0) is 22.5. The van der Waals surface area contributed by atoms with Crippen molar-refractivity contribution in [3.63, 3.8) is 0 Å². The first-order valence-electron chi connectivity index (χ1n) is 12.6. The molecule has 1 saturated carbocycles. The largest absolute Gasteiger partial charge is 0.343 e. The van der Waals surface area contributed by atoms with Crippen LogP contribution in [0.15, 0.2) is 24.3 Å². The van der Waals surface area contributed by atoms with Crippen molar-refractivity contribution < 1.29 is 9.59 Å². The van der Waals surface area contributed by atoms with E-state index in [-0.39, 0.29) is 35.9 Å². The molecule has 176 valence electrons. The molecular formula is C26H40N4O2. The normalized spacial score (nSPS) is 24.1. The van der Waals surface area contributed by atoms with Crippen LogP contribution in [-0.4, -0.2) is 66.4 Å².